The molecule has 29 heavy (non-hydrogen) atoms. The monoisotopic (exact) mass is 442 g/mol. The van der Waals surface area contributed by atoms with Gasteiger partial charge in [0.25, 0.3) is 5.91 Å². The van der Waals surface area contributed by atoms with Gasteiger partial charge in [-0.3, -0.25) is 14.3 Å². The number of nitrogens with one attached hydrogen (secondary N) is 1. The second-order valence-corrected chi connectivity index (χ2v) is 8.09. The average Bonchev–Trinajstić information content (AvgIpc) is 3.21. The maximum atomic E-state index is 13.1. The molecule has 0 fully saturated rings. The Bertz CT molecular complexity index is 1070. The average molecular weight is 442 g/mol. The molecule has 0 radical (unpaired) electrons. The van der Waals surface area contributed by atoms with Crippen LogP contribution < -0.4 is 5.32 Å². The first kappa shape index (κ1) is 21.2. The summed E-state index contributed by atoms with van der Waals surface area (Å²) in [5.41, 5.74) is -0.395. The number of carbonyl (C=O) groups is 2. The van der Waals surface area contributed by atoms with Crippen molar-refractivity contribution < 1.29 is 22.8 Å². The van der Waals surface area contributed by atoms with Crippen LogP contribution >= 0.6 is 23.1 Å². The van der Waals surface area contributed by atoms with Gasteiger partial charge in [0.05, 0.1) is 17.1 Å². The van der Waals surface area contributed by atoms with Crippen molar-refractivity contribution in [3.05, 3.63) is 40.9 Å². The van der Waals surface area contributed by atoms with Crippen molar-refractivity contribution in [3.63, 3.8) is 0 Å². The summed E-state index contributed by atoms with van der Waals surface area (Å²) in [4.78, 5) is 27.4. The second-order valence-electron chi connectivity index (χ2n) is 6.21. The van der Waals surface area contributed by atoms with E-state index in [0.717, 1.165) is 20.9 Å². The lowest BCUT2D eigenvalue weighted by molar-refractivity contribution is -0.140. The van der Waals surface area contributed by atoms with Crippen LogP contribution in [-0.4, -0.2) is 46.3 Å². The highest BCUT2D eigenvalue weighted by atomic mass is 32.2. The number of hydrogen-bond donors (Lipinski definition) is 1. The molecule has 154 valence electrons. The highest BCUT2D eigenvalue weighted by Crippen LogP contribution is 2.37. The number of nitrogens with zero attached hydrogens (tertiary/aromatic N) is 3. The molecule has 2 amide bonds. The van der Waals surface area contributed by atoms with Crippen LogP contribution in [0.4, 0.5) is 18.9 Å². The third-order valence-corrected chi connectivity index (χ3v) is 6.09. The largest absolute Gasteiger partial charge is 0.435 e. The Hall–Kier alpha value is -2.53. The molecule has 0 unspecified atom stereocenters. The summed E-state index contributed by atoms with van der Waals surface area (Å²) in [5.74, 6) is -0.936. The third kappa shape index (κ3) is 4.40. The summed E-state index contributed by atoms with van der Waals surface area (Å²) < 4.78 is 40.5. The summed E-state index contributed by atoms with van der Waals surface area (Å²) in [6.45, 7) is -0.236. The minimum absolute atomic E-state index is 0.110. The Kier molecular flexibility index (Phi) is 5.90. The van der Waals surface area contributed by atoms with Crippen LogP contribution in [0.25, 0.3) is 10.2 Å². The van der Waals surface area contributed by atoms with Gasteiger partial charge in [0.2, 0.25) is 5.91 Å². The molecule has 0 aliphatic rings. The molecule has 0 saturated heterocycles. The first-order chi connectivity index (χ1) is 13.6. The number of aryl methyl sites for hydroxylation is 1. The van der Waals surface area contributed by atoms with Gasteiger partial charge in [-0.2, -0.15) is 18.3 Å². The molecule has 2 aromatic heterocycles. The topological polar surface area (TPSA) is 67.2 Å². The predicted octanol–water partition coefficient (Wildman–Crippen LogP) is 4.09. The van der Waals surface area contributed by atoms with Crippen molar-refractivity contribution in [2.24, 2.45) is 7.05 Å². The minimum atomic E-state index is -4.61. The first-order valence-corrected chi connectivity index (χ1v) is 10.4. The van der Waals surface area contributed by atoms with Gasteiger partial charge in [-0.1, -0.05) is 12.1 Å². The number of benzene rings is 1. The zero-order chi connectivity index (χ0) is 21.3. The van der Waals surface area contributed by atoms with E-state index in [2.05, 4.69) is 10.4 Å². The van der Waals surface area contributed by atoms with Gasteiger partial charge in [-0.25, -0.2) is 0 Å². The van der Waals surface area contributed by atoms with Crippen molar-refractivity contribution in [3.8, 4) is 0 Å². The molecule has 6 nitrogen and oxygen atoms in total. The van der Waals surface area contributed by atoms with Gasteiger partial charge in [0.1, 0.15) is 4.83 Å². The van der Waals surface area contributed by atoms with Crippen LogP contribution in [0.3, 0.4) is 0 Å². The Morgan fingerprint density at radius 2 is 2.00 bits per heavy atom. The number of thiophene rings is 1. The standard InChI is InChI=1S/C18H17F3N4O2S2/c1-24(9-14(26)22-11-6-4-5-7-12(11)28-3)16(27)13-8-10-15(18(19,20)21)23-25(2)17(10)29-13/h4-8H,9H2,1-3H3,(H,22,26). The number of rotatable bonds is 5. The number of carbonyl (C=O) groups excluding carboxylic acids is 2. The maximum Gasteiger partial charge on any atom is 0.435 e. The number of anilines is 1. The fourth-order valence-corrected chi connectivity index (χ4v) is 4.39. The Morgan fingerprint density at radius 3 is 2.66 bits per heavy atom. The van der Waals surface area contributed by atoms with Gasteiger partial charge in [-0.15, -0.1) is 23.1 Å². The molecule has 0 atom stereocenters. The van der Waals surface area contributed by atoms with E-state index in [1.54, 1.807) is 12.1 Å². The molecule has 3 rings (SSSR count). The Labute approximate surface area is 172 Å². The Morgan fingerprint density at radius 1 is 1.31 bits per heavy atom. The third-order valence-electron chi connectivity index (χ3n) is 4.10. The van der Waals surface area contributed by atoms with E-state index in [1.807, 2.05) is 18.4 Å². The molecule has 11 heteroatoms. The molecule has 0 bridgehead atoms. The van der Waals surface area contributed by atoms with E-state index in [1.165, 1.54) is 36.8 Å². The summed E-state index contributed by atoms with van der Waals surface area (Å²) in [6, 6.07) is 8.42. The zero-order valence-corrected chi connectivity index (χ0v) is 17.3. The van der Waals surface area contributed by atoms with Crippen LogP contribution in [-0.2, 0) is 18.0 Å². The molecule has 0 aliphatic heterocycles. The van der Waals surface area contributed by atoms with E-state index >= 15 is 0 Å². The number of likely N-dealkylation sites (N-methyl/N-ethyl adjacent to an activating group) is 1. The lowest BCUT2D eigenvalue weighted by atomic mass is 10.2. The maximum absolute atomic E-state index is 13.1. The lowest BCUT2D eigenvalue weighted by Crippen LogP contribution is -2.34. The highest BCUT2D eigenvalue weighted by Gasteiger charge is 2.37. The van der Waals surface area contributed by atoms with E-state index in [0.29, 0.717) is 5.69 Å². The van der Waals surface area contributed by atoms with Gasteiger partial charge >= 0.3 is 6.18 Å². The summed E-state index contributed by atoms with van der Waals surface area (Å²) >= 11 is 2.38. The molecule has 0 aliphatic carbocycles. The highest BCUT2D eigenvalue weighted by molar-refractivity contribution is 7.98. The molecule has 0 saturated carbocycles. The van der Waals surface area contributed by atoms with E-state index in [-0.39, 0.29) is 21.6 Å². The van der Waals surface area contributed by atoms with Crippen LogP contribution in [0.2, 0.25) is 0 Å². The molecule has 2 heterocycles. The van der Waals surface area contributed by atoms with Crippen LogP contribution in [0.1, 0.15) is 15.4 Å². The van der Waals surface area contributed by atoms with Crippen molar-refractivity contribution in [2.45, 2.75) is 11.1 Å². The zero-order valence-electron chi connectivity index (χ0n) is 15.7. The molecule has 1 N–H and O–H groups in total. The number of hydrogen-bond acceptors (Lipinski definition) is 5. The molecule has 3 aromatic rings. The Balaban J connectivity index is 1.75. The SMILES string of the molecule is CSc1ccccc1NC(=O)CN(C)C(=O)c1cc2c(C(F)(F)F)nn(C)c2s1. The smallest absolute Gasteiger partial charge is 0.332 e. The van der Waals surface area contributed by atoms with E-state index in [4.69, 9.17) is 0 Å². The van der Waals surface area contributed by atoms with Crippen LogP contribution in [0.15, 0.2) is 35.2 Å². The lowest BCUT2D eigenvalue weighted by Gasteiger charge is -2.16. The van der Waals surface area contributed by atoms with Crippen molar-refractivity contribution >= 4 is 50.8 Å². The van der Waals surface area contributed by atoms with Crippen LogP contribution in [0.5, 0.6) is 0 Å². The van der Waals surface area contributed by atoms with Crippen molar-refractivity contribution in [1.29, 1.82) is 0 Å². The summed E-state index contributed by atoms with van der Waals surface area (Å²) in [7, 11) is 2.82. The van der Waals surface area contributed by atoms with Gasteiger partial charge in [-0.05, 0) is 24.5 Å². The fourth-order valence-electron chi connectivity index (χ4n) is 2.77. The second kappa shape index (κ2) is 8.07. The van der Waals surface area contributed by atoms with E-state index in [9.17, 15) is 22.8 Å². The molecule has 1 aromatic carbocycles. The predicted molar refractivity (Wildman–Crippen MR) is 107 cm³/mol. The first-order valence-electron chi connectivity index (χ1n) is 8.34. The number of aromatic nitrogens is 2. The summed E-state index contributed by atoms with van der Waals surface area (Å²) in [5, 5.41) is 6.11. The number of para-hydroxylation sites is 1. The van der Waals surface area contributed by atoms with Crippen molar-refractivity contribution in [2.75, 3.05) is 25.2 Å². The number of fused-ring (bicyclic) bond motifs is 1. The minimum Gasteiger partial charge on any atom is -0.332 e. The molecular formula is C18H17F3N4O2S2. The van der Waals surface area contributed by atoms with Gasteiger partial charge < -0.3 is 10.2 Å². The normalized spacial score (nSPS) is 11.7. The number of thioether (sulfide) groups is 1. The number of halogens is 3. The number of amides is 2. The quantitative estimate of drug-likeness (QED) is 0.605. The van der Waals surface area contributed by atoms with Gasteiger partial charge in [0.15, 0.2) is 5.69 Å². The fraction of sp³-hybridized carbons (Fsp3) is 0.278. The molecular weight excluding hydrogens is 425 g/mol. The number of alkyl halides is 3. The van der Waals surface area contributed by atoms with Crippen molar-refractivity contribution in [1.82, 2.24) is 14.7 Å². The van der Waals surface area contributed by atoms with E-state index < -0.39 is 23.7 Å². The van der Waals surface area contributed by atoms with Gasteiger partial charge in [0, 0.05) is 24.4 Å². The summed E-state index contributed by atoms with van der Waals surface area (Å²) in [6.07, 6.45) is -2.73. The molecule has 0 spiro atoms. The van der Waals surface area contributed by atoms with Crippen LogP contribution in [0, 0.1) is 0 Å².